The van der Waals surface area contributed by atoms with Crippen LogP contribution in [0.1, 0.15) is 43.2 Å². The van der Waals surface area contributed by atoms with Crippen molar-refractivity contribution in [1.29, 1.82) is 0 Å². The molecule has 0 radical (unpaired) electrons. The standard InChI is InChI=1S/C20H30N2O3/c1-14-5-6-17(19(9-14)25-13-15-7-8-24-12-15)11-22-20(23)10-16-3-2-4-18(16)21/h5-6,9,15-16,18H,2-4,7-8,10-13,21H2,1H3,(H,22,23)/t15?,16-,18+/m0/s1. The first-order valence-electron chi connectivity index (χ1n) is 9.44. The molecule has 2 aliphatic rings. The van der Waals surface area contributed by atoms with Gasteiger partial charge >= 0.3 is 0 Å². The van der Waals surface area contributed by atoms with Gasteiger partial charge in [-0.15, -0.1) is 0 Å². The van der Waals surface area contributed by atoms with Crippen molar-refractivity contribution in [1.82, 2.24) is 5.32 Å². The highest BCUT2D eigenvalue weighted by Gasteiger charge is 2.26. The maximum atomic E-state index is 12.2. The zero-order chi connectivity index (χ0) is 17.6. The smallest absolute Gasteiger partial charge is 0.220 e. The van der Waals surface area contributed by atoms with Crippen molar-refractivity contribution in [3.05, 3.63) is 29.3 Å². The minimum Gasteiger partial charge on any atom is -0.493 e. The molecule has 0 spiro atoms. The topological polar surface area (TPSA) is 73.6 Å². The molecule has 1 aromatic carbocycles. The van der Waals surface area contributed by atoms with Crippen LogP contribution in [-0.2, 0) is 16.1 Å². The van der Waals surface area contributed by atoms with Gasteiger partial charge in [0.05, 0.1) is 13.2 Å². The Balaban J connectivity index is 1.52. The Kier molecular flexibility index (Phi) is 6.32. The van der Waals surface area contributed by atoms with E-state index in [0.717, 1.165) is 55.8 Å². The molecule has 3 atom stereocenters. The second-order valence-electron chi connectivity index (χ2n) is 7.49. The minimum atomic E-state index is 0.0815. The van der Waals surface area contributed by atoms with E-state index < -0.39 is 0 Å². The lowest BCUT2D eigenvalue weighted by molar-refractivity contribution is -0.122. The number of carbonyl (C=O) groups excluding carboxylic acids is 1. The molecule has 1 heterocycles. The van der Waals surface area contributed by atoms with Crippen LogP contribution in [0.15, 0.2) is 18.2 Å². The molecule has 2 fully saturated rings. The highest BCUT2D eigenvalue weighted by molar-refractivity contribution is 5.76. The first-order valence-corrected chi connectivity index (χ1v) is 9.44. The summed E-state index contributed by atoms with van der Waals surface area (Å²) < 4.78 is 11.4. The van der Waals surface area contributed by atoms with Crippen molar-refractivity contribution in [2.24, 2.45) is 17.6 Å². The lowest BCUT2D eigenvalue weighted by Crippen LogP contribution is -2.31. The average molecular weight is 346 g/mol. The minimum absolute atomic E-state index is 0.0815. The van der Waals surface area contributed by atoms with E-state index in [2.05, 4.69) is 18.3 Å². The molecule has 1 saturated heterocycles. The Morgan fingerprint density at radius 1 is 1.36 bits per heavy atom. The molecule has 3 rings (SSSR count). The van der Waals surface area contributed by atoms with Gasteiger partial charge in [-0.1, -0.05) is 18.6 Å². The van der Waals surface area contributed by atoms with E-state index in [1.807, 2.05) is 12.1 Å². The Morgan fingerprint density at radius 3 is 2.96 bits per heavy atom. The second-order valence-corrected chi connectivity index (χ2v) is 7.49. The Morgan fingerprint density at radius 2 is 2.24 bits per heavy atom. The molecule has 1 aliphatic heterocycles. The van der Waals surface area contributed by atoms with E-state index in [9.17, 15) is 4.79 Å². The molecule has 1 aromatic rings. The number of hydrogen-bond donors (Lipinski definition) is 2. The lowest BCUT2D eigenvalue weighted by atomic mass is 10.00. The number of rotatable bonds is 7. The maximum Gasteiger partial charge on any atom is 0.220 e. The molecule has 1 saturated carbocycles. The van der Waals surface area contributed by atoms with E-state index in [4.69, 9.17) is 15.2 Å². The van der Waals surface area contributed by atoms with Crippen LogP contribution in [0, 0.1) is 18.8 Å². The number of hydrogen-bond acceptors (Lipinski definition) is 4. The molecule has 0 aromatic heterocycles. The van der Waals surface area contributed by atoms with Crippen molar-refractivity contribution in [3.63, 3.8) is 0 Å². The van der Waals surface area contributed by atoms with Crippen molar-refractivity contribution >= 4 is 5.91 Å². The molecular formula is C20H30N2O3. The number of ether oxygens (including phenoxy) is 2. The van der Waals surface area contributed by atoms with E-state index in [1.165, 1.54) is 0 Å². The van der Waals surface area contributed by atoms with Crippen molar-refractivity contribution in [2.75, 3.05) is 19.8 Å². The average Bonchev–Trinajstić information content (AvgIpc) is 3.24. The van der Waals surface area contributed by atoms with Gasteiger partial charge in [0.2, 0.25) is 5.91 Å². The molecule has 3 N–H and O–H groups in total. The Hall–Kier alpha value is -1.59. The van der Waals surface area contributed by atoms with Crippen LogP contribution < -0.4 is 15.8 Å². The summed E-state index contributed by atoms with van der Waals surface area (Å²) in [5.41, 5.74) is 8.24. The fourth-order valence-corrected chi connectivity index (χ4v) is 3.69. The van der Waals surface area contributed by atoms with Gasteiger partial charge in [0, 0.05) is 37.1 Å². The molecule has 1 unspecified atom stereocenters. The first kappa shape index (κ1) is 18.2. The molecule has 5 nitrogen and oxygen atoms in total. The Bertz CT molecular complexity index is 584. The largest absolute Gasteiger partial charge is 0.493 e. The zero-order valence-corrected chi connectivity index (χ0v) is 15.1. The normalized spacial score (nSPS) is 25.9. The third kappa shape index (κ3) is 5.19. The van der Waals surface area contributed by atoms with Gasteiger partial charge in [0.1, 0.15) is 5.75 Å². The molecule has 1 aliphatic carbocycles. The molecule has 0 bridgehead atoms. The van der Waals surface area contributed by atoms with E-state index >= 15 is 0 Å². The second kappa shape index (κ2) is 8.68. The Labute approximate surface area is 150 Å². The summed E-state index contributed by atoms with van der Waals surface area (Å²) in [5.74, 6) is 1.74. The van der Waals surface area contributed by atoms with Crippen LogP contribution >= 0.6 is 0 Å². The summed E-state index contributed by atoms with van der Waals surface area (Å²) in [7, 11) is 0. The molecule has 25 heavy (non-hydrogen) atoms. The van der Waals surface area contributed by atoms with Crippen molar-refractivity contribution in [2.45, 2.75) is 51.6 Å². The summed E-state index contributed by atoms with van der Waals surface area (Å²) >= 11 is 0. The quantitative estimate of drug-likeness (QED) is 0.796. The predicted molar refractivity (Wildman–Crippen MR) is 97.4 cm³/mol. The van der Waals surface area contributed by atoms with Gasteiger partial charge < -0.3 is 20.5 Å². The van der Waals surface area contributed by atoms with Crippen LogP contribution in [0.2, 0.25) is 0 Å². The third-order valence-corrected chi connectivity index (χ3v) is 5.36. The first-order chi connectivity index (χ1) is 12.1. The van der Waals surface area contributed by atoms with Gasteiger partial charge in [0.15, 0.2) is 0 Å². The fourth-order valence-electron chi connectivity index (χ4n) is 3.69. The van der Waals surface area contributed by atoms with Crippen LogP contribution in [-0.4, -0.2) is 31.8 Å². The van der Waals surface area contributed by atoms with E-state index in [-0.39, 0.29) is 11.9 Å². The number of amides is 1. The number of aryl methyl sites for hydroxylation is 1. The van der Waals surface area contributed by atoms with Crippen LogP contribution in [0.5, 0.6) is 5.75 Å². The monoisotopic (exact) mass is 346 g/mol. The summed E-state index contributed by atoms with van der Waals surface area (Å²) in [6.45, 7) is 4.82. The lowest BCUT2D eigenvalue weighted by Gasteiger charge is -2.17. The van der Waals surface area contributed by atoms with Crippen LogP contribution in [0.25, 0.3) is 0 Å². The predicted octanol–water partition coefficient (Wildman–Crippen LogP) is 2.54. The van der Waals surface area contributed by atoms with E-state index in [0.29, 0.717) is 31.4 Å². The van der Waals surface area contributed by atoms with Gasteiger partial charge in [-0.05, 0) is 43.7 Å². The number of benzene rings is 1. The highest BCUT2D eigenvalue weighted by atomic mass is 16.5. The van der Waals surface area contributed by atoms with Crippen LogP contribution in [0.3, 0.4) is 0 Å². The van der Waals surface area contributed by atoms with E-state index in [1.54, 1.807) is 0 Å². The fraction of sp³-hybridized carbons (Fsp3) is 0.650. The molecule has 5 heteroatoms. The zero-order valence-electron chi connectivity index (χ0n) is 15.1. The highest BCUT2D eigenvalue weighted by Crippen LogP contribution is 2.27. The summed E-state index contributed by atoms with van der Waals surface area (Å²) in [4.78, 5) is 12.2. The maximum absolute atomic E-state index is 12.2. The van der Waals surface area contributed by atoms with Crippen molar-refractivity contribution in [3.8, 4) is 5.75 Å². The summed E-state index contributed by atoms with van der Waals surface area (Å²) in [5, 5.41) is 3.04. The number of carbonyl (C=O) groups is 1. The number of nitrogens with two attached hydrogens (primary N) is 1. The summed E-state index contributed by atoms with van der Waals surface area (Å²) in [6.07, 6.45) is 4.83. The SMILES string of the molecule is Cc1ccc(CNC(=O)C[C@@H]2CCC[C@H]2N)c(OCC2CCOC2)c1. The molecular weight excluding hydrogens is 316 g/mol. The summed E-state index contributed by atoms with van der Waals surface area (Å²) in [6, 6.07) is 6.32. The molecule has 138 valence electrons. The molecule has 1 amide bonds. The van der Waals surface area contributed by atoms with Gasteiger partial charge in [-0.2, -0.15) is 0 Å². The van der Waals surface area contributed by atoms with Gasteiger partial charge in [-0.3, -0.25) is 4.79 Å². The van der Waals surface area contributed by atoms with Crippen molar-refractivity contribution < 1.29 is 14.3 Å². The van der Waals surface area contributed by atoms with Gasteiger partial charge in [-0.25, -0.2) is 0 Å². The van der Waals surface area contributed by atoms with Gasteiger partial charge in [0.25, 0.3) is 0 Å². The van der Waals surface area contributed by atoms with Crippen LogP contribution in [0.4, 0.5) is 0 Å². The third-order valence-electron chi connectivity index (χ3n) is 5.36. The number of nitrogens with one attached hydrogen (secondary N) is 1.